The van der Waals surface area contributed by atoms with Crippen molar-refractivity contribution in [3.8, 4) is 11.1 Å². The molecule has 0 radical (unpaired) electrons. The molecular weight excluding hydrogens is 368 g/mol. The van der Waals surface area contributed by atoms with Gasteiger partial charge in [0.15, 0.2) is 0 Å². The smallest absolute Gasteiger partial charge is 0.136 e. The molecule has 5 rings (SSSR count). The van der Waals surface area contributed by atoms with Crippen molar-refractivity contribution in [2.75, 3.05) is 38.1 Å². The molecule has 4 heteroatoms. The first-order valence-electron chi connectivity index (χ1n) is 10.7. The van der Waals surface area contributed by atoms with Gasteiger partial charge in [0.1, 0.15) is 5.82 Å². The maximum absolute atomic E-state index is 4.73. The third-order valence-electron chi connectivity index (χ3n) is 6.13. The van der Waals surface area contributed by atoms with E-state index < -0.39 is 0 Å². The molecule has 1 aliphatic heterocycles. The number of likely N-dealkylation sites (N-methyl/N-ethyl adjacent to an activating group) is 1. The van der Waals surface area contributed by atoms with Crippen molar-refractivity contribution in [3.63, 3.8) is 0 Å². The zero-order valence-corrected chi connectivity index (χ0v) is 17.8. The topological polar surface area (TPSA) is 24.3 Å². The van der Waals surface area contributed by atoms with E-state index in [0.29, 0.717) is 0 Å². The van der Waals surface area contributed by atoms with Crippen LogP contribution in [-0.4, -0.2) is 47.7 Å². The number of pyridine rings is 1. The van der Waals surface area contributed by atoms with E-state index in [0.717, 1.165) is 38.5 Å². The minimum absolute atomic E-state index is 0.880. The summed E-state index contributed by atoms with van der Waals surface area (Å²) in [7, 11) is 2.19. The number of aryl methyl sites for hydroxylation is 1. The van der Waals surface area contributed by atoms with E-state index >= 15 is 0 Å². The Morgan fingerprint density at radius 2 is 1.70 bits per heavy atom. The molecule has 152 valence electrons. The highest BCUT2D eigenvalue weighted by atomic mass is 15.3. The van der Waals surface area contributed by atoms with Crippen molar-refractivity contribution >= 4 is 16.7 Å². The molecule has 4 nitrogen and oxygen atoms in total. The molecule has 0 amide bonds. The fraction of sp³-hybridized carbons (Fsp3) is 0.269. The molecule has 0 bridgehead atoms. The average Bonchev–Trinajstić information content (AvgIpc) is 3.16. The lowest BCUT2D eigenvalue weighted by Gasteiger charge is -2.34. The molecule has 4 aromatic rings. The standard InChI is InChI=1S/C26H28N4/c1-20-5-10-25-23(18-20)11-13-30(25)19-21-6-8-22(9-7-21)24-4-3-12-27-26(24)29-16-14-28(2)15-17-29/h3-13,18H,14-17,19H2,1-2H3. The van der Waals surface area contributed by atoms with Crippen LogP contribution in [0.3, 0.4) is 0 Å². The number of hydrogen-bond donors (Lipinski definition) is 0. The summed E-state index contributed by atoms with van der Waals surface area (Å²) in [6.07, 6.45) is 4.09. The van der Waals surface area contributed by atoms with E-state index in [4.69, 9.17) is 4.98 Å². The summed E-state index contributed by atoms with van der Waals surface area (Å²) < 4.78 is 2.32. The monoisotopic (exact) mass is 396 g/mol. The zero-order chi connectivity index (χ0) is 20.5. The normalized spacial score (nSPS) is 15.1. The quantitative estimate of drug-likeness (QED) is 0.495. The van der Waals surface area contributed by atoms with Crippen LogP contribution in [0, 0.1) is 6.92 Å². The lowest BCUT2D eigenvalue weighted by molar-refractivity contribution is 0.312. The highest BCUT2D eigenvalue weighted by Crippen LogP contribution is 2.30. The van der Waals surface area contributed by atoms with Gasteiger partial charge in [-0.15, -0.1) is 0 Å². The predicted molar refractivity (Wildman–Crippen MR) is 125 cm³/mol. The molecule has 0 spiro atoms. The first-order chi connectivity index (χ1) is 14.7. The fourth-order valence-electron chi connectivity index (χ4n) is 4.34. The number of nitrogens with zero attached hydrogens (tertiary/aromatic N) is 4. The van der Waals surface area contributed by atoms with Crippen molar-refractivity contribution in [3.05, 3.63) is 84.2 Å². The van der Waals surface area contributed by atoms with Gasteiger partial charge >= 0.3 is 0 Å². The van der Waals surface area contributed by atoms with Crippen LogP contribution < -0.4 is 4.90 Å². The molecule has 2 aromatic heterocycles. The molecule has 30 heavy (non-hydrogen) atoms. The van der Waals surface area contributed by atoms with E-state index in [1.165, 1.54) is 33.2 Å². The van der Waals surface area contributed by atoms with Gasteiger partial charge in [-0.3, -0.25) is 0 Å². The third kappa shape index (κ3) is 3.71. The van der Waals surface area contributed by atoms with Crippen molar-refractivity contribution < 1.29 is 0 Å². The summed E-state index contributed by atoms with van der Waals surface area (Å²) >= 11 is 0. The molecule has 3 heterocycles. The van der Waals surface area contributed by atoms with Gasteiger partial charge in [-0.1, -0.05) is 35.9 Å². The number of aromatic nitrogens is 2. The summed E-state index contributed by atoms with van der Waals surface area (Å²) in [4.78, 5) is 9.52. The Kier molecular flexibility index (Phi) is 5.01. The number of benzene rings is 2. The van der Waals surface area contributed by atoms with Crippen LogP contribution in [-0.2, 0) is 6.54 Å². The van der Waals surface area contributed by atoms with E-state index in [2.05, 4.69) is 89.1 Å². The summed E-state index contributed by atoms with van der Waals surface area (Å²) in [5.41, 5.74) is 6.35. The Labute approximate surface area is 178 Å². The fourth-order valence-corrected chi connectivity index (χ4v) is 4.34. The minimum Gasteiger partial charge on any atom is -0.354 e. The SMILES string of the molecule is Cc1ccc2c(ccn2Cc2ccc(-c3cccnc3N3CCN(C)CC3)cc2)c1. The first kappa shape index (κ1) is 18.9. The van der Waals surface area contributed by atoms with Gasteiger partial charge in [0.25, 0.3) is 0 Å². The summed E-state index contributed by atoms with van der Waals surface area (Å²) in [5.74, 6) is 1.10. The van der Waals surface area contributed by atoms with Crippen LogP contribution >= 0.6 is 0 Å². The van der Waals surface area contributed by atoms with Crippen LogP contribution in [0.4, 0.5) is 5.82 Å². The summed E-state index contributed by atoms with van der Waals surface area (Å²) in [6.45, 7) is 7.24. The van der Waals surface area contributed by atoms with Gasteiger partial charge in [-0.05, 0) is 60.8 Å². The Morgan fingerprint density at radius 1 is 0.900 bits per heavy atom. The highest BCUT2D eigenvalue weighted by molar-refractivity contribution is 5.81. The second-order valence-corrected chi connectivity index (χ2v) is 8.37. The van der Waals surface area contributed by atoms with Crippen LogP contribution in [0.1, 0.15) is 11.1 Å². The second-order valence-electron chi connectivity index (χ2n) is 8.37. The number of hydrogen-bond acceptors (Lipinski definition) is 3. The molecular formula is C26H28N4. The van der Waals surface area contributed by atoms with Gasteiger partial charge in [0.2, 0.25) is 0 Å². The highest BCUT2D eigenvalue weighted by Gasteiger charge is 2.18. The third-order valence-corrected chi connectivity index (χ3v) is 6.13. The van der Waals surface area contributed by atoms with Crippen LogP contribution in [0.15, 0.2) is 73.1 Å². The average molecular weight is 397 g/mol. The Balaban J connectivity index is 1.39. The molecule has 0 aliphatic carbocycles. The molecule has 0 atom stereocenters. The van der Waals surface area contributed by atoms with E-state index in [9.17, 15) is 0 Å². The van der Waals surface area contributed by atoms with Crippen LogP contribution in [0.2, 0.25) is 0 Å². The maximum Gasteiger partial charge on any atom is 0.136 e. The number of rotatable bonds is 4. The Hall–Kier alpha value is -3.11. The molecule has 0 saturated carbocycles. The van der Waals surface area contributed by atoms with Gasteiger partial charge in [0.05, 0.1) is 0 Å². The van der Waals surface area contributed by atoms with Gasteiger partial charge < -0.3 is 14.4 Å². The van der Waals surface area contributed by atoms with Crippen LogP contribution in [0.5, 0.6) is 0 Å². The second kappa shape index (κ2) is 7.96. The molecule has 0 N–H and O–H groups in total. The van der Waals surface area contributed by atoms with E-state index in [1.807, 2.05) is 12.3 Å². The number of fused-ring (bicyclic) bond motifs is 1. The summed E-state index contributed by atoms with van der Waals surface area (Å²) in [5, 5.41) is 1.30. The Morgan fingerprint density at radius 3 is 2.50 bits per heavy atom. The molecule has 0 unspecified atom stereocenters. The van der Waals surface area contributed by atoms with Gasteiger partial charge in [-0.2, -0.15) is 0 Å². The van der Waals surface area contributed by atoms with Crippen molar-refractivity contribution in [1.82, 2.24) is 14.5 Å². The first-order valence-corrected chi connectivity index (χ1v) is 10.7. The van der Waals surface area contributed by atoms with Crippen LogP contribution in [0.25, 0.3) is 22.0 Å². The summed E-state index contributed by atoms with van der Waals surface area (Å²) in [6, 6.07) is 22.1. The maximum atomic E-state index is 4.73. The van der Waals surface area contributed by atoms with Crippen molar-refractivity contribution in [2.45, 2.75) is 13.5 Å². The van der Waals surface area contributed by atoms with Gasteiger partial charge in [0, 0.05) is 56.2 Å². The molecule has 1 aliphatic rings. The van der Waals surface area contributed by atoms with Gasteiger partial charge in [-0.25, -0.2) is 4.98 Å². The lowest BCUT2D eigenvalue weighted by Crippen LogP contribution is -2.45. The minimum atomic E-state index is 0.880. The number of anilines is 1. The number of piperazine rings is 1. The Bertz CT molecular complexity index is 1150. The van der Waals surface area contributed by atoms with Crippen molar-refractivity contribution in [1.29, 1.82) is 0 Å². The lowest BCUT2D eigenvalue weighted by atomic mass is 10.0. The molecule has 1 fully saturated rings. The van der Waals surface area contributed by atoms with Crippen molar-refractivity contribution in [2.24, 2.45) is 0 Å². The molecule has 1 saturated heterocycles. The zero-order valence-electron chi connectivity index (χ0n) is 17.8. The van der Waals surface area contributed by atoms with E-state index in [1.54, 1.807) is 0 Å². The largest absolute Gasteiger partial charge is 0.354 e. The van der Waals surface area contributed by atoms with E-state index in [-0.39, 0.29) is 0 Å². The predicted octanol–water partition coefficient (Wildman–Crippen LogP) is 4.81. The molecule has 2 aromatic carbocycles.